The summed E-state index contributed by atoms with van der Waals surface area (Å²) >= 11 is 1.36. The van der Waals surface area contributed by atoms with Crippen LogP contribution in [-0.2, 0) is 4.74 Å². The van der Waals surface area contributed by atoms with Crippen LogP contribution in [0.15, 0.2) is 36.4 Å². The number of rotatable bonds is 5. The molecule has 5 atom stereocenters. The first-order valence-corrected chi connectivity index (χ1v) is 7.91. The van der Waals surface area contributed by atoms with E-state index in [2.05, 4.69) is 0 Å². The molecule has 5 unspecified atom stereocenters. The average Bonchev–Trinajstić information content (AvgIpc) is 2.52. The molecule has 21 heavy (non-hydrogen) atoms. The molecule has 1 saturated heterocycles. The Bertz CT molecular complexity index is 454. The van der Waals surface area contributed by atoms with E-state index < -0.39 is 29.9 Å². The number of aliphatic hydroxyl groups is 3. The molecular weight excluding hydrogens is 290 g/mol. The molecule has 6 heteroatoms. The second-order valence-corrected chi connectivity index (χ2v) is 6.03. The largest absolute Gasteiger partial charge is 0.388 e. The maximum Gasteiger partial charge on any atom is 0.132 e. The quantitative estimate of drug-likeness (QED) is 0.620. The van der Waals surface area contributed by atoms with Crippen molar-refractivity contribution in [2.75, 3.05) is 12.3 Å². The molecule has 1 heterocycles. The van der Waals surface area contributed by atoms with Gasteiger partial charge in [0.05, 0.1) is 6.10 Å². The Balaban J connectivity index is 1.86. The van der Waals surface area contributed by atoms with Gasteiger partial charge >= 0.3 is 0 Å². The van der Waals surface area contributed by atoms with Crippen molar-refractivity contribution in [3.63, 3.8) is 0 Å². The molecule has 1 fully saturated rings. The van der Waals surface area contributed by atoms with Crippen molar-refractivity contribution in [2.45, 2.75) is 29.9 Å². The molecular formula is C15H21NO4S. The second-order valence-electron chi connectivity index (χ2n) is 4.90. The first-order valence-electron chi connectivity index (χ1n) is 6.86. The maximum atomic E-state index is 9.92. The highest BCUT2D eigenvalue weighted by Gasteiger charge is 2.42. The van der Waals surface area contributed by atoms with E-state index in [0.717, 1.165) is 5.56 Å². The van der Waals surface area contributed by atoms with Gasteiger partial charge in [-0.15, -0.1) is 11.8 Å². The van der Waals surface area contributed by atoms with Crippen molar-refractivity contribution >= 4 is 17.8 Å². The van der Waals surface area contributed by atoms with Crippen LogP contribution in [0.25, 0.3) is 6.08 Å². The third-order valence-electron chi connectivity index (χ3n) is 3.37. The first-order chi connectivity index (χ1) is 10.1. The number of benzene rings is 1. The molecule has 5 N–H and O–H groups in total. The zero-order valence-electron chi connectivity index (χ0n) is 11.6. The van der Waals surface area contributed by atoms with Gasteiger partial charge in [0.2, 0.25) is 0 Å². The third kappa shape index (κ3) is 4.29. The second kappa shape index (κ2) is 7.93. The summed E-state index contributed by atoms with van der Waals surface area (Å²) in [6, 6.07) is 9.88. The molecule has 0 amide bonds. The number of aliphatic hydroxyl groups excluding tert-OH is 3. The van der Waals surface area contributed by atoms with Crippen molar-refractivity contribution in [3.8, 4) is 0 Å². The SMILES string of the molecule is NCC1OC(SC/C=C/c2ccccc2)C(O)C(O)C1O. The molecule has 0 aliphatic carbocycles. The summed E-state index contributed by atoms with van der Waals surface area (Å²) in [6.07, 6.45) is -0.222. The summed E-state index contributed by atoms with van der Waals surface area (Å²) in [4.78, 5) is 0. The summed E-state index contributed by atoms with van der Waals surface area (Å²) in [5.74, 6) is 0.622. The summed E-state index contributed by atoms with van der Waals surface area (Å²) < 4.78 is 5.53. The van der Waals surface area contributed by atoms with Gasteiger partial charge in [0.1, 0.15) is 23.7 Å². The van der Waals surface area contributed by atoms with Gasteiger partial charge in [-0.25, -0.2) is 0 Å². The maximum absolute atomic E-state index is 9.92. The van der Waals surface area contributed by atoms with Crippen molar-refractivity contribution < 1.29 is 20.1 Å². The van der Waals surface area contributed by atoms with E-state index in [9.17, 15) is 15.3 Å². The minimum atomic E-state index is -1.23. The molecule has 0 saturated carbocycles. The first kappa shape index (κ1) is 16.5. The summed E-state index contributed by atoms with van der Waals surface area (Å²) in [6.45, 7) is 0.0991. The van der Waals surface area contributed by atoms with Crippen LogP contribution in [0, 0.1) is 0 Å². The normalized spacial score (nSPS) is 33.4. The van der Waals surface area contributed by atoms with Crippen LogP contribution in [0.5, 0.6) is 0 Å². The van der Waals surface area contributed by atoms with Crippen LogP contribution >= 0.6 is 11.8 Å². The highest BCUT2D eigenvalue weighted by atomic mass is 32.2. The van der Waals surface area contributed by atoms with Crippen molar-refractivity contribution in [1.82, 2.24) is 0 Å². The van der Waals surface area contributed by atoms with E-state index in [4.69, 9.17) is 10.5 Å². The van der Waals surface area contributed by atoms with Crippen LogP contribution in [-0.4, -0.2) is 57.5 Å². The number of ether oxygens (including phenoxy) is 1. The third-order valence-corrected chi connectivity index (χ3v) is 4.47. The Hall–Kier alpha value is -0.890. The van der Waals surface area contributed by atoms with Crippen LogP contribution in [0.2, 0.25) is 0 Å². The van der Waals surface area contributed by atoms with Gasteiger partial charge in [0, 0.05) is 12.3 Å². The van der Waals surface area contributed by atoms with Gasteiger partial charge in [0.15, 0.2) is 0 Å². The van der Waals surface area contributed by atoms with Crippen molar-refractivity contribution in [1.29, 1.82) is 0 Å². The minimum Gasteiger partial charge on any atom is -0.388 e. The van der Waals surface area contributed by atoms with Gasteiger partial charge in [-0.1, -0.05) is 42.5 Å². The van der Waals surface area contributed by atoms with E-state index in [0.29, 0.717) is 5.75 Å². The van der Waals surface area contributed by atoms with Crippen LogP contribution in [0.3, 0.4) is 0 Å². The fourth-order valence-corrected chi connectivity index (χ4v) is 3.12. The highest BCUT2D eigenvalue weighted by Crippen LogP contribution is 2.28. The highest BCUT2D eigenvalue weighted by molar-refractivity contribution is 7.99. The molecule has 0 bridgehead atoms. The molecule has 1 aromatic carbocycles. The zero-order chi connectivity index (χ0) is 15.2. The van der Waals surface area contributed by atoms with Gasteiger partial charge in [-0.3, -0.25) is 0 Å². The van der Waals surface area contributed by atoms with Crippen LogP contribution in [0.4, 0.5) is 0 Å². The topological polar surface area (TPSA) is 95.9 Å². The molecule has 1 aromatic rings. The molecule has 0 aromatic heterocycles. The lowest BCUT2D eigenvalue weighted by molar-refractivity contribution is -0.194. The standard InChI is InChI=1S/C15H21NO4S/c16-9-11-12(17)13(18)14(19)15(20-11)21-8-4-7-10-5-2-1-3-6-10/h1-7,11-15,17-19H,8-9,16H2/b7-4+. The molecule has 2 rings (SSSR count). The van der Waals surface area contributed by atoms with Gasteiger partial charge in [0.25, 0.3) is 0 Å². The Morgan fingerprint density at radius 2 is 1.81 bits per heavy atom. The predicted molar refractivity (Wildman–Crippen MR) is 83.7 cm³/mol. The zero-order valence-corrected chi connectivity index (χ0v) is 12.4. The van der Waals surface area contributed by atoms with Gasteiger partial charge in [-0.05, 0) is 5.56 Å². The van der Waals surface area contributed by atoms with E-state index in [1.807, 2.05) is 42.5 Å². The van der Waals surface area contributed by atoms with E-state index in [-0.39, 0.29) is 6.54 Å². The summed E-state index contributed by atoms with van der Waals surface area (Å²) in [5.41, 5.74) is 5.99. The number of hydrogen-bond acceptors (Lipinski definition) is 6. The number of thioether (sulfide) groups is 1. The average molecular weight is 311 g/mol. The number of hydrogen-bond donors (Lipinski definition) is 4. The fraction of sp³-hybridized carbons (Fsp3) is 0.467. The van der Waals surface area contributed by atoms with E-state index in [1.54, 1.807) is 0 Å². The molecule has 0 radical (unpaired) electrons. The summed E-state index contributed by atoms with van der Waals surface area (Å²) in [7, 11) is 0. The Labute approximate surface area is 128 Å². The molecule has 0 spiro atoms. The Morgan fingerprint density at radius 3 is 2.48 bits per heavy atom. The fourth-order valence-electron chi connectivity index (χ4n) is 2.15. The smallest absolute Gasteiger partial charge is 0.132 e. The predicted octanol–water partition coefficient (Wildman–Crippen LogP) is 0.199. The van der Waals surface area contributed by atoms with Gasteiger partial charge in [-0.2, -0.15) is 0 Å². The lowest BCUT2D eigenvalue weighted by Crippen LogP contribution is -2.58. The Morgan fingerprint density at radius 1 is 1.10 bits per heavy atom. The van der Waals surface area contributed by atoms with Gasteiger partial charge < -0.3 is 25.8 Å². The number of nitrogens with two attached hydrogens (primary N) is 1. The lowest BCUT2D eigenvalue weighted by Gasteiger charge is -2.39. The summed E-state index contributed by atoms with van der Waals surface area (Å²) in [5, 5.41) is 29.4. The minimum absolute atomic E-state index is 0.0991. The lowest BCUT2D eigenvalue weighted by atomic mass is 10.0. The monoisotopic (exact) mass is 311 g/mol. The molecule has 1 aliphatic heterocycles. The molecule has 5 nitrogen and oxygen atoms in total. The van der Waals surface area contributed by atoms with Crippen LogP contribution in [0.1, 0.15) is 5.56 Å². The van der Waals surface area contributed by atoms with Crippen LogP contribution < -0.4 is 5.73 Å². The van der Waals surface area contributed by atoms with Crippen molar-refractivity contribution in [3.05, 3.63) is 42.0 Å². The molecule has 1 aliphatic rings. The van der Waals surface area contributed by atoms with Crippen molar-refractivity contribution in [2.24, 2.45) is 5.73 Å². The van der Waals surface area contributed by atoms with E-state index >= 15 is 0 Å². The molecule has 116 valence electrons. The van der Waals surface area contributed by atoms with E-state index in [1.165, 1.54) is 11.8 Å². The Kier molecular flexibility index (Phi) is 6.22.